The highest BCUT2D eigenvalue weighted by atomic mass is 15.1. The molecular weight excluding hydrogens is 220 g/mol. The van der Waals surface area contributed by atoms with Crippen molar-refractivity contribution in [1.82, 2.24) is 4.90 Å². The van der Waals surface area contributed by atoms with E-state index in [9.17, 15) is 0 Å². The maximum Gasteiger partial charge on any atom is 0.0388 e. The second kappa shape index (κ2) is 5.41. The van der Waals surface area contributed by atoms with Gasteiger partial charge >= 0.3 is 0 Å². The maximum atomic E-state index is 5.98. The van der Waals surface area contributed by atoms with Gasteiger partial charge in [0, 0.05) is 6.04 Å². The predicted octanol–water partition coefficient (Wildman–Crippen LogP) is 2.95. The summed E-state index contributed by atoms with van der Waals surface area (Å²) in [5.74, 6) is 0.601. The zero-order valence-corrected chi connectivity index (χ0v) is 12.2. The quantitative estimate of drug-likeness (QED) is 0.869. The van der Waals surface area contributed by atoms with E-state index >= 15 is 0 Å². The van der Waals surface area contributed by atoms with Crippen molar-refractivity contribution in [2.24, 2.45) is 11.7 Å². The number of nitrogens with two attached hydrogens (primary N) is 1. The molecule has 18 heavy (non-hydrogen) atoms. The molecule has 0 aromatic heterocycles. The Labute approximate surface area is 111 Å². The number of aryl methyl sites for hydroxylation is 3. The van der Waals surface area contributed by atoms with Gasteiger partial charge in [0.2, 0.25) is 0 Å². The Morgan fingerprint density at radius 2 is 1.83 bits per heavy atom. The molecule has 100 valence electrons. The van der Waals surface area contributed by atoms with E-state index < -0.39 is 0 Å². The van der Waals surface area contributed by atoms with Crippen LogP contribution in [0.1, 0.15) is 41.1 Å². The summed E-state index contributed by atoms with van der Waals surface area (Å²) >= 11 is 0. The molecule has 0 saturated carbocycles. The molecule has 1 fully saturated rings. The zero-order valence-electron chi connectivity index (χ0n) is 12.2. The van der Waals surface area contributed by atoms with Gasteiger partial charge in [-0.1, -0.05) is 12.1 Å². The van der Waals surface area contributed by atoms with E-state index in [1.807, 2.05) is 0 Å². The highest BCUT2D eigenvalue weighted by Crippen LogP contribution is 2.36. The van der Waals surface area contributed by atoms with E-state index in [1.54, 1.807) is 0 Å². The van der Waals surface area contributed by atoms with Gasteiger partial charge in [-0.15, -0.1) is 0 Å². The fourth-order valence-electron chi connectivity index (χ4n) is 3.30. The average molecular weight is 246 g/mol. The third kappa shape index (κ3) is 2.45. The minimum Gasteiger partial charge on any atom is -0.330 e. The minimum absolute atomic E-state index is 0.503. The van der Waals surface area contributed by atoms with Crippen molar-refractivity contribution in [2.75, 3.05) is 20.1 Å². The van der Waals surface area contributed by atoms with Crippen LogP contribution < -0.4 is 5.73 Å². The third-order valence-electron chi connectivity index (χ3n) is 4.51. The Morgan fingerprint density at radius 3 is 2.50 bits per heavy atom. The van der Waals surface area contributed by atoms with Crippen molar-refractivity contribution in [1.29, 1.82) is 0 Å². The molecule has 2 unspecified atom stereocenters. The molecule has 2 atom stereocenters. The van der Waals surface area contributed by atoms with Crippen LogP contribution in [0, 0.1) is 26.7 Å². The standard InChI is InChI=1S/C16H26N2/c1-11-8-13(3)15(9-12(11)2)16-14(10-17)6-5-7-18(16)4/h8-9,14,16H,5-7,10,17H2,1-4H3. The number of likely N-dealkylation sites (tertiary alicyclic amines) is 1. The molecule has 1 heterocycles. The fourth-order valence-corrected chi connectivity index (χ4v) is 3.30. The summed E-state index contributed by atoms with van der Waals surface area (Å²) in [4.78, 5) is 2.48. The van der Waals surface area contributed by atoms with Gasteiger partial charge in [0.1, 0.15) is 0 Å². The molecule has 1 aliphatic rings. The van der Waals surface area contributed by atoms with E-state index in [0.29, 0.717) is 12.0 Å². The van der Waals surface area contributed by atoms with Crippen LogP contribution in [0.15, 0.2) is 12.1 Å². The monoisotopic (exact) mass is 246 g/mol. The minimum atomic E-state index is 0.503. The molecule has 2 rings (SSSR count). The van der Waals surface area contributed by atoms with E-state index in [4.69, 9.17) is 5.73 Å². The molecule has 2 heteroatoms. The summed E-state index contributed by atoms with van der Waals surface area (Å²) in [5, 5.41) is 0. The van der Waals surface area contributed by atoms with E-state index in [2.05, 4.69) is 44.9 Å². The van der Waals surface area contributed by atoms with Gasteiger partial charge in [-0.3, -0.25) is 4.90 Å². The van der Waals surface area contributed by atoms with Crippen molar-refractivity contribution in [2.45, 2.75) is 39.7 Å². The molecule has 1 aliphatic heterocycles. The van der Waals surface area contributed by atoms with Gasteiger partial charge in [-0.25, -0.2) is 0 Å². The summed E-state index contributed by atoms with van der Waals surface area (Å²) in [6.07, 6.45) is 2.54. The van der Waals surface area contributed by atoms with E-state index in [1.165, 1.54) is 41.6 Å². The van der Waals surface area contributed by atoms with Crippen LogP contribution >= 0.6 is 0 Å². The number of hydrogen-bond acceptors (Lipinski definition) is 2. The number of nitrogens with zero attached hydrogens (tertiary/aromatic N) is 1. The summed E-state index contributed by atoms with van der Waals surface area (Å²) in [5.41, 5.74) is 11.7. The molecule has 0 radical (unpaired) electrons. The van der Waals surface area contributed by atoms with Gasteiger partial charge in [-0.2, -0.15) is 0 Å². The Bertz CT molecular complexity index is 425. The van der Waals surface area contributed by atoms with Gasteiger partial charge < -0.3 is 5.73 Å². The normalized spacial score (nSPS) is 25.4. The van der Waals surface area contributed by atoms with Gasteiger partial charge in [-0.05, 0) is 81.9 Å². The lowest BCUT2D eigenvalue weighted by molar-refractivity contribution is 0.125. The number of piperidine rings is 1. The smallest absolute Gasteiger partial charge is 0.0388 e. The fraction of sp³-hybridized carbons (Fsp3) is 0.625. The summed E-state index contributed by atoms with van der Waals surface area (Å²) < 4.78 is 0. The zero-order chi connectivity index (χ0) is 13.3. The van der Waals surface area contributed by atoms with E-state index in [-0.39, 0.29) is 0 Å². The summed E-state index contributed by atoms with van der Waals surface area (Å²) in [6.45, 7) is 8.61. The van der Waals surface area contributed by atoms with Crippen LogP contribution in [0.25, 0.3) is 0 Å². The Hall–Kier alpha value is -0.860. The second-order valence-electron chi connectivity index (χ2n) is 5.86. The van der Waals surface area contributed by atoms with E-state index in [0.717, 1.165) is 6.54 Å². The first-order valence-electron chi connectivity index (χ1n) is 7.02. The first kappa shape index (κ1) is 13.6. The lowest BCUT2D eigenvalue weighted by atomic mass is 9.82. The highest BCUT2D eigenvalue weighted by molar-refractivity contribution is 5.38. The first-order valence-corrected chi connectivity index (χ1v) is 7.02. The molecule has 0 amide bonds. The molecule has 1 saturated heterocycles. The summed E-state index contributed by atoms with van der Waals surface area (Å²) in [7, 11) is 2.24. The second-order valence-corrected chi connectivity index (χ2v) is 5.86. The molecule has 1 aromatic rings. The van der Waals surface area contributed by atoms with Crippen molar-refractivity contribution in [3.05, 3.63) is 34.4 Å². The molecule has 0 spiro atoms. The number of benzene rings is 1. The molecule has 1 aromatic carbocycles. The SMILES string of the molecule is Cc1cc(C)c(C2C(CN)CCCN2C)cc1C. The summed E-state index contributed by atoms with van der Waals surface area (Å²) in [6, 6.07) is 5.20. The lowest BCUT2D eigenvalue weighted by Gasteiger charge is -2.40. The predicted molar refractivity (Wildman–Crippen MR) is 77.8 cm³/mol. The van der Waals surface area contributed by atoms with Crippen LogP contribution in [-0.4, -0.2) is 25.0 Å². The van der Waals surface area contributed by atoms with Crippen molar-refractivity contribution >= 4 is 0 Å². The number of hydrogen-bond donors (Lipinski definition) is 1. The van der Waals surface area contributed by atoms with Crippen molar-refractivity contribution in [3.8, 4) is 0 Å². The van der Waals surface area contributed by atoms with Crippen LogP contribution in [0.4, 0.5) is 0 Å². The maximum absolute atomic E-state index is 5.98. The van der Waals surface area contributed by atoms with Crippen molar-refractivity contribution in [3.63, 3.8) is 0 Å². The van der Waals surface area contributed by atoms with Gasteiger partial charge in [0.25, 0.3) is 0 Å². The molecular formula is C16H26N2. The number of rotatable bonds is 2. The van der Waals surface area contributed by atoms with Crippen LogP contribution in [0.5, 0.6) is 0 Å². The Morgan fingerprint density at radius 1 is 1.17 bits per heavy atom. The highest BCUT2D eigenvalue weighted by Gasteiger charge is 2.30. The molecule has 2 nitrogen and oxygen atoms in total. The topological polar surface area (TPSA) is 29.3 Å². The largest absolute Gasteiger partial charge is 0.330 e. The van der Waals surface area contributed by atoms with Gasteiger partial charge in [0.15, 0.2) is 0 Å². The van der Waals surface area contributed by atoms with Crippen molar-refractivity contribution < 1.29 is 0 Å². The van der Waals surface area contributed by atoms with Crippen LogP contribution in [0.3, 0.4) is 0 Å². The Kier molecular flexibility index (Phi) is 4.08. The average Bonchev–Trinajstić information content (AvgIpc) is 2.34. The Balaban J connectivity index is 2.41. The van der Waals surface area contributed by atoms with Crippen LogP contribution in [0.2, 0.25) is 0 Å². The molecule has 2 N–H and O–H groups in total. The third-order valence-corrected chi connectivity index (χ3v) is 4.51. The first-order chi connectivity index (χ1) is 8.54. The van der Waals surface area contributed by atoms with Gasteiger partial charge in [0.05, 0.1) is 0 Å². The lowest BCUT2D eigenvalue weighted by Crippen LogP contribution is -2.39. The molecule has 0 bridgehead atoms. The molecule has 0 aliphatic carbocycles. The van der Waals surface area contributed by atoms with Crippen LogP contribution in [-0.2, 0) is 0 Å².